The summed E-state index contributed by atoms with van der Waals surface area (Å²) in [6.45, 7) is 0. The van der Waals surface area contributed by atoms with E-state index in [1.54, 1.807) is 7.11 Å². The normalized spacial score (nSPS) is 10.4. The number of aromatic nitrogens is 1. The molecule has 5 nitrogen and oxygen atoms in total. The highest BCUT2D eigenvalue weighted by Crippen LogP contribution is 2.13. The second kappa shape index (κ2) is 5.34. The first-order valence-electron chi connectivity index (χ1n) is 5.36. The Balaban J connectivity index is 1.83. The summed E-state index contributed by atoms with van der Waals surface area (Å²) >= 11 is 0. The predicted octanol–water partition coefficient (Wildman–Crippen LogP) is 1.81. The van der Waals surface area contributed by atoms with Crippen molar-refractivity contribution >= 4 is 0 Å². The summed E-state index contributed by atoms with van der Waals surface area (Å²) in [5.74, 6) is 0.448. The van der Waals surface area contributed by atoms with Crippen molar-refractivity contribution in [1.82, 2.24) is 5.16 Å². The molecule has 0 fully saturated rings. The Bertz CT molecular complexity index is 512. The number of hydrogen-bond acceptors (Lipinski definition) is 5. The maximum absolute atomic E-state index is 10.6. The molecule has 1 aromatic carbocycles. The Labute approximate surface area is 98.0 Å². The van der Waals surface area contributed by atoms with Crippen LogP contribution in [-0.2, 0) is 12.8 Å². The number of aryl methyl sites for hydroxylation is 2. The van der Waals surface area contributed by atoms with E-state index in [9.17, 15) is 4.79 Å². The minimum atomic E-state index is -0.746. The number of nitrogens with zero attached hydrogens (tertiary/aromatic N) is 1. The Morgan fingerprint density at radius 2 is 2.00 bits per heavy atom. The van der Waals surface area contributed by atoms with E-state index in [4.69, 9.17) is 9.15 Å². The zero-order valence-corrected chi connectivity index (χ0v) is 9.51. The van der Waals surface area contributed by atoms with Crippen LogP contribution in [0, 0.1) is 0 Å². The molecular formula is C12H13NO4. The number of ether oxygens (including phenoxy) is 1. The minimum absolute atomic E-state index is 0.350. The highest BCUT2D eigenvalue weighted by atomic mass is 16.6. The minimum Gasteiger partial charge on any atom is -0.497 e. The van der Waals surface area contributed by atoms with Crippen molar-refractivity contribution in [2.75, 3.05) is 7.11 Å². The maximum Gasteiger partial charge on any atom is 0.542 e. The van der Waals surface area contributed by atoms with Crippen LogP contribution in [0.1, 0.15) is 17.9 Å². The molecule has 0 N–H and O–H groups in total. The van der Waals surface area contributed by atoms with Gasteiger partial charge in [0.15, 0.2) is 0 Å². The van der Waals surface area contributed by atoms with Gasteiger partial charge < -0.3 is 9.15 Å². The van der Waals surface area contributed by atoms with E-state index in [-0.39, 0.29) is 0 Å². The van der Waals surface area contributed by atoms with Gasteiger partial charge in [-0.3, -0.25) is 4.52 Å². The lowest BCUT2D eigenvalue weighted by Crippen LogP contribution is -1.91. The molecule has 0 spiro atoms. The lowest BCUT2D eigenvalue weighted by molar-refractivity contribution is 0.334. The molecular weight excluding hydrogens is 222 g/mol. The molecule has 0 unspecified atom stereocenters. The third kappa shape index (κ3) is 3.21. The summed E-state index contributed by atoms with van der Waals surface area (Å²) in [6, 6.07) is 7.87. The molecule has 0 atom stereocenters. The summed E-state index contributed by atoms with van der Waals surface area (Å²) < 4.78 is 14.1. The van der Waals surface area contributed by atoms with Crippen molar-refractivity contribution in [3.05, 3.63) is 46.3 Å². The molecule has 0 aliphatic carbocycles. The molecule has 0 radical (unpaired) electrons. The molecule has 1 heterocycles. The van der Waals surface area contributed by atoms with Crippen LogP contribution in [0.25, 0.3) is 0 Å². The highest BCUT2D eigenvalue weighted by Gasteiger charge is 2.03. The van der Waals surface area contributed by atoms with Gasteiger partial charge in [-0.2, -0.15) is 0 Å². The van der Waals surface area contributed by atoms with Gasteiger partial charge >= 0.3 is 5.82 Å². The standard InChI is InChI=1S/C12H13NO4/c1-15-10-7-5-9(6-8-10)3-2-4-11-13-17-12(14)16-11/h5-8H,2-4H2,1H3. The quantitative estimate of drug-likeness (QED) is 0.790. The number of methoxy groups -OCH3 is 1. The first-order chi connectivity index (χ1) is 8.28. The Hall–Kier alpha value is -2.04. The van der Waals surface area contributed by atoms with Crippen LogP contribution in [0.15, 0.2) is 38.0 Å². The van der Waals surface area contributed by atoms with Crippen LogP contribution in [0.2, 0.25) is 0 Å². The van der Waals surface area contributed by atoms with E-state index in [1.165, 1.54) is 5.56 Å². The monoisotopic (exact) mass is 235 g/mol. The van der Waals surface area contributed by atoms with Crippen LogP contribution in [0.4, 0.5) is 0 Å². The third-order valence-electron chi connectivity index (χ3n) is 2.44. The Kier molecular flexibility index (Phi) is 3.59. The summed E-state index contributed by atoms with van der Waals surface area (Å²) in [5.41, 5.74) is 1.21. The molecule has 5 heteroatoms. The average Bonchev–Trinajstić information content (AvgIpc) is 2.76. The molecule has 0 saturated carbocycles. The van der Waals surface area contributed by atoms with Crippen LogP contribution >= 0.6 is 0 Å². The predicted molar refractivity (Wildman–Crippen MR) is 60.1 cm³/mol. The van der Waals surface area contributed by atoms with E-state index < -0.39 is 5.82 Å². The summed E-state index contributed by atoms with van der Waals surface area (Å²) in [6.07, 6.45) is 2.33. The fourth-order valence-electron chi connectivity index (χ4n) is 1.55. The molecule has 17 heavy (non-hydrogen) atoms. The lowest BCUT2D eigenvalue weighted by atomic mass is 10.1. The van der Waals surface area contributed by atoms with Crippen LogP contribution in [0.3, 0.4) is 0 Å². The third-order valence-corrected chi connectivity index (χ3v) is 2.44. The van der Waals surface area contributed by atoms with Gasteiger partial charge in [0.05, 0.1) is 7.11 Å². The van der Waals surface area contributed by atoms with Crippen molar-refractivity contribution in [3.8, 4) is 5.75 Å². The summed E-state index contributed by atoms with van der Waals surface area (Å²) in [5, 5.41) is 3.50. The van der Waals surface area contributed by atoms with Gasteiger partial charge in [-0.05, 0) is 35.7 Å². The van der Waals surface area contributed by atoms with Crippen molar-refractivity contribution < 1.29 is 13.7 Å². The topological polar surface area (TPSA) is 65.5 Å². The van der Waals surface area contributed by atoms with Crippen molar-refractivity contribution in [2.24, 2.45) is 0 Å². The zero-order valence-electron chi connectivity index (χ0n) is 9.51. The number of rotatable bonds is 5. The van der Waals surface area contributed by atoms with Crippen molar-refractivity contribution in [1.29, 1.82) is 0 Å². The van der Waals surface area contributed by atoms with E-state index in [1.807, 2.05) is 24.3 Å². The van der Waals surface area contributed by atoms with Gasteiger partial charge in [0.25, 0.3) is 0 Å². The molecule has 0 amide bonds. The van der Waals surface area contributed by atoms with Crippen molar-refractivity contribution in [3.63, 3.8) is 0 Å². The molecule has 2 rings (SSSR count). The van der Waals surface area contributed by atoms with Gasteiger partial charge in [-0.25, -0.2) is 4.79 Å². The van der Waals surface area contributed by atoms with Gasteiger partial charge in [0.1, 0.15) is 5.75 Å². The fraction of sp³-hybridized carbons (Fsp3) is 0.333. The van der Waals surface area contributed by atoms with Crippen molar-refractivity contribution in [2.45, 2.75) is 19.3 Å². The lowest BCUT2D eigenvalue weighted by Gasteiger charge is -2.02. The van der Waals surface area contributed by atoms with Crippen LogP contribution in [-0.4, -0.2) is 12.3 Å². The first kappa shape index (κ1) is 11.4. The summed E-state index contributed by atoms with van der Waals surface area (Å²) in [7, 11) is 1.64. The van der Waals surface area contributed by atoms with E-state index >= 15 is 0 Å². The zero-order chi connectivity index (χ0) is 12.1. The van der Waals surface area contributed by atoms with Gasteiger partial charge in [-0.15, -0.1) is 0 Å². The van der Waals surface area contributed by atoms with E-state index in [0.717, 1.165) is 18.6 Å². The Morgan fingerprint density at radius 1 is 1.24 bits per heavy atom. The Morgan fingerprint density at radius 3 is 2.59 bits per heavy atom. The second-order valence-corrected chi connectivity index (χ2v) is 3.63. The van der Waals surface area contributed by atoms with Crippen LogP contribution in [0.5, 0.6) is 5.75 Å². The van der Waals surface area contributed by atoms with Gasteiger partial charge in [-0.1, -0.05) is 12.1 Å². The van der Waals surface area contributed by atoms with Crippen LogP contribution < -0.4 is 10.6 Å². The second-order valence-electron chi connectivity index (χ2n) is 3.63. The molecule has 0 aliphatic rings. The molecule has 0 bridgehead atoms. The smallest absolute Gasteiger partial charge is 0.497 e. The fourth-order valence-corrected chi connectivity index (χ4v) is 1.55. The van der Waals surface area contributed by atoms with Gasteiger partial charge in [0.2, 0.25) is 5.89 Å². The number of hydrogen-bond donors (Lipinski definition) is 0. The molecule has 0 aliphatic heterocycles. The highest BCUT2D eigenvalue weighted by molar-refractivity contribution is 5.27. The average molecular weight is 235 g/mol. The van der Waals surface area contributed by atoms with E-state index in [0.29, 0.717) is 12.3 Å². The van der Waals surface area contributed by atoms with E-state index in [2.05, 4.69) is 9.68 Å². The maximum atomic E-state index is 10.6. The first-order valence-corrected chi connectivity index (χ1v) is 5.36. The molecule has 90 valence electrons. The molecule has 2 aromatic rings. The largest absolute Gasteiger partial charge is 0.542 e. The molecule has 1 aromatic heterocycles. The van der Waals surface area contributed by atoms with Gasteiger partial charge in [0, 0.05) is 6.42 Å². The SMILES string of the molecule is COc1ccc(CCCc2noc(=O)o2)cc1. The summed E-state index contributed by atoms with van der Waals surface area (Å²) in [4.78, 5) is 10.6. The molecule has 0 saturated heterocycles. The number of benzene rings is 1.